The number of ether oxygens (including phenoxy) is 2. The number of esters is 1. The first-order valence-electron chi connectivity index (χ1n) is 6.15. The fourth-order valence-electron chi connectivity index (χ4n) is 1.39. The summed E-state index contributed by atoms with van der Waals surface area (Å²) < 4.78 is 10.0. The van der Waals surface area contributed by atoms with Crippen LogP contribution in [0.15, 0.2) is 18.2 Å². The molecule has 102 valence electrons. The van der Waals surface area contributed by atoms with Crippen LogP contribution in [0.2, 0.25) is 5.02 Å². The molecule has 1 rings (SSSR count). The minimum atomic E-state index is -0.462. The standard InChI is InChI=1S/C15H17ClO3/c1-3-4-5-6-7-10-19-12-8-9-13(14(16)11-12)15(17)18-2/h8-9,11H,3-5,10H2,1-2H3. The van der Waals surface area contributed by atoms with E-state index in [9.17, 15) is 4.79 Å². The number of carbonyl (C=O) groups excluding carboxylic acids is 1. The monoisotopic (exact) mass is 280 g/mol. The Morgan fingerprint density at radius 1 is 1.37 bits per heavy atom. The molecule has 1 aromatic rings. The van der Waals surface area contributed by atoms with E-state index in [1.807, 2.05) is 0 Å². The van der Waals surface area contributed by atoms with Crippen molar-refractivity contribution in [1.29, 1.82) is 0 Å². The number of benzene rings is 1. The summed E-state index contributed by atoms with van der Waals surface area (Å²) in [7, 11) is 1.31. The Balaban J connectivity index is 2.54. The van der Waals surface area contributed by atoms with Crippen LogP contribution in [-0.2, 0) is 4.74 Å². The molecule has 3 nitrogen and oxygen atoms in total. The second kappa shape index (κ2) is 8.44. The smallest absolute Gasteiger partial charge is 0.339 e. The predicted octanol–water partition coefficient (Wildman–Crippen LogP) is 3.70. The zero-order valence-electron chi connectivity index (χ0n) is 11.2. The molecule has 0 spiro atoms. The van der Waals surface area contributed by atoms with Gasteiger partial charge in [-0.05, 0) is 24.6 Å². The number of methoxy groups -OCH3 is 1. The first-order valence-corrected chi connectivity index (χ1v) is 6.53. The highest BCUT2D eigenvalue weighted by molar-refractivity contribution is 6.33. The summed E-state index contributed by atoms with van der Waals surface area (Å²) in [4.78, 5) is 11.3. The van der Waals surface area contributed by atoms with Crippen molar-refractivity contribution in [1.82, 2.24) is 0 Å². The molecule has 0 saturated heterocycles. The molecule has 0 atom stereocenters. The highest BCUT2D eigenvalue weighted by Gasteiger charge is 2.10. The topological polar surface area (TPSA) is 35.5 Å². The molecule has 0 aliphatic carbocycles. The number of rotatable bonds is 5. The molecule has 0 radical (unpaired) electrons. The zero-order valence-corrected chi connectivity index (χ0v) is 11.9. The molecule has 0 aromatic heterocycles. The predicted molar refractivity (Wildman–Crippen MR) is 75.6 cm³/mol. The lowest BCUT2D eigenvalue weighted by atomic mass is 10.2. The first kappa shape index (κ1) is 15.4. The van der Waals surface area contributed by atoms with E-state index in [0.717, 1.165) is 19.3 Å². The summed E-state index contributed by atoms with van der Waals surface area (Å²) in [6, 6.07) is 4.83. The van der Waals surface area contributed by atoms with Crippen LogP contribution in [0.5, 0.6) is 5.75 Å². The van der Waals surface area contributed by atoms with Gasteiger partial charge in [-0.1, -0.05) is 36.8 Å². The van der Waals surface area contributed by atoms with E-state index >= 15 is 0 Å². The summed E-state index contributed by atoms with van der Waals surface area (Å²) >= 11 is 5.97. The van der Waals surface area contributed by atoms with Crippen LogP contribution in [0.4, 0.5) is 0 Å². The van der Waals surface area contributed by atoms with Crippen molar-refractivity contribution in [2.45, 2.75) is 26.2 Å². The van der Waals surface area contributed by atoms with Gasteiger partial charge in [0.2, 0.25) is 0 Å². The number of carbonyl (C=O) groups is 1. The molecule has 0 saturated carbocycles. The summed E-state index contributed by atoms with van der Waals surface area (Å²) in [5.41, 5.74) is 0.325. The summed E-state index contributed by atoms with van der Waals surface area (Å²) in [6.45, 7) is 2.45. The zero-order chi connectivity index (χ0) is 14.1. The van der Waals surface area contributed by atoms with E-state index in [2.05, 4.69) is 23.5 Å². The maximum atomic E-state index is 11.3. The van der Waals surface area contributed by atoms with E-state index in [0.29, 0.717) is 22.9 Å². The SMILES string of the molecule is CCCCC#CCOc1ccc(C(=O)OC)c(Cl)c1. The van der Waals surface area contributed by atoms with E-state index in [-0.39, 0.29) is 0 Å². The van der Waals surface area contributed by atoms with Crippen LogP contribution in [0.25, 0.3) is 0 Å². The van der Waals surface area contributed by atoms with Crippen LogP contribution < -0.4 is 4.74 Å². The fraction of sp³-hybridized carbons (Fsp3) is 0.400. The number of hydrogen-bond acceptors (Lipinski definition) is 3. The quantitative estimate of drug-likeness (QED) is 0.469. The normalized spacial score (nSPS) is 9.42. The van der Waals surface area contributed by atoms with Gasteiger partial charge in [0.25, 0.3) is 0 Å². The average Bonchev–Trinajstić information content (AvgIpc) is 2.42. The molecule has 1 aromatic carbocycles. The Kier molecular flexibility index (Phi) is 6.84. The van der Waals surface area contributed by atoms with E-state index in [1.165, 1.54) is 7.11 Å². The van der Waals surface area contributed by atoms with Gasteiger partial charge in [-0.3, -0.25) is 0 Å². The van der Waals surface area contributed by atoms with E-state index in [1.54, 1.807) is 18.2 Å². The van der Waals surface area contributed by atoms with Crippen LogP contribution in [0.3, 0.4) is 0 Å². The molecular formula is C15H17ClO3. The summed E-state index contributed by atoms with van der Waals surface area (Å²) in [6.07, 6.45) is 3.13. The molecule has 0 aliphatic heterocycles. The third kappa shape index (κ3) is 5.23. The van der Waals surface area contributed by atoms with Crippen molar-refractivity contribution in [2.24, 2.45) is 0 Å². The minimum absolute atomic E-state index is 0.309. The van der Waals surface area contributed by atoms with Gasteiger partial charge in [-0.25, -0.2) is 4.79 Å². The molecule has 0 heterocycles. The maximum absolute atomic E-state index is 11.3. The second-order valence-corrected chi connectivity index (χ2v) is 4.29. The molecule has 0 aliphatic rings. The Morgan fingerprint density at radius 2 is 2.16 bits per heavy atom. The lowest BCUT2D eigenvalue weighted by Crippen LogP contribution is -2.02. The van der Waals surface area contributed by atoms with Crippen molar-refractivity contribution in [3.8, 4) is 17.6 Å². The third-order valence-corrected chi connectivity index (χ3v) is 2.75. The lowest BCUT2D eigenvalue weighted by molar-refractivity contribution is 0.0601. The van der Waals surface area contributed by atoms with Crippen molar-refractivity contribution >= 4 is 17.6 Å². The van der Waals surface area contributed by atoms with Gasteiger partial charge in [0.15, 0.2) is 0 Å². The van der Waals surface area contributed by atoms with E-state index in [4.69, 9.17) is 16.3 Å². The fourth-order valence-corrected chi connectivity index (χ4v) is 1.63. The second-order valence-electron chi connectivity index (χ2n) is 3.88. The van der Waals surface area contributed by atoms with Gasteiger partial charge in [0.1, 0.15) is 12.4 Å². The molecule has 4 heteroatoms. The van der Waals surface area contributed by atoms with Crippen LogP contribution in [-0.4, -0.2) is 19.7 Å². The third-order valence-electron chi connectivity index (χ3n) is 2.44. The molecule has 19 heavy (non-hydrogen) atoms. The molecular weight excluding hydrogens is 264 g/mol. The van der Waals surface area contributed by atoms with Gasteiger partial charge < -0.3 is 9.47 Å². The number of unbranched alkanes of at least 4 members (excludes halogenated alkanes) is 2. The minimum Gasteiger partial charge on any atom is -0.481 e. The van der Waals surface area contributed by atoms with Gasteiger partial charge in [-0.15, -0.1) is 0 Å². The summed E-state index contributed by atoms with van der Waals surface area (Å²) in [5.74, 6) is 6.08. The van der Waals surface area contributed by atoms with E-state index < -0.39 is 5.97 Å². The molecule has 0 fully saturated rings. The Labute approximate surface area is 118 Å². The largest absolute Gasteiger partial charge is 0.481 e. The Bertz CT molecular complexity index is 486. The van der Waals surface area contributed by atoms with Crippen molar-refractivity contribution in [3.63, 3.8) is 0 Å². The van der Waals surface area contributed by atoms with Crippen molar-refractivity contribution in [2.75, 3.05) is 13.7 Å². The van der Waals surface area contributed by atoms with Gasteiger partial charge >= 0.3 is 5.97 Å². The van der Waals surface area contributed by atoms with Crippen molar-refractivity contribution < 1.29 is 14.3 Å². The van der Waals surface area contributed by atoms with Crippen LogP contribution >= 0.6 is 11.6 Å². The van der Waals surface area contributed by atoms with Gasteiger partial charge in [-0.2, -0.15) is 0 Å². The first-order chi connectivity index (χ1) is 9.19. The highest BCUT2D eigenvalue weighted by atomic mass is 35.5. The van der Waals surface area contributed by atoms with Gasteiger partial charge in [0.05, 0.1) is 17.7 Å². The molecule has 0 bridgehead atoms. The molecule has 0 N–H and O–H groups in total. The average molecular weight is 281 g/mol. The molecule has 0 unspecified atom stereocenters. The number of hydrogen-bond donors (Lipinski definition) is 0. The molecule has 0 amide bonds. The Hall–Kier alpha value is -1.66. The van der Waals surface area contributed by atoms with Crippen LogP contribution in [0.1, 0.15) is 36.5 Å². The Morgan fingerprint density at radius 3 is 2.79 bits per heavy atom. The summed E-state index contributed by atoms with van der Waals surface area (Å²) in [5, 5.41) is 0.309. The van der Waals surface area contributed by atoms with Crippen molar-refractivity contribution in [3.05, 3.63) is 28.8 Å². The maximum Gasteiger partial charge on any atom is 0.339 e. The van der Waals surface area contributed by atoms with Crippen LogP contribution in [0, 0.1) is 11.8 Å². The highest BCUT2D eigenvalue weighted by Crippen LogP contribution is 2.23. The van der Waals surface area contributed by atoms with Gasteiger partial charge in [0, 0.05) is 6.42 Å². The number of halogens is 1. The lowest BCUT2D eigenvalue weighted by Gasteiger charge is -2.05.